The van der Waals surface area contributed by atoms with Gasteiger partial charge >= 0.3 is 0 Å². The number of hydrogen-bond donors (Lipinski definition) is 1. The number of aliphatic hydroxyl groups is 1. The molecular weight excluding hydrogens is 212 g/mol. The summed E-state index contributed by atoms with van der Waals surface area (Å²) in [6, 6.07) is 2.05. The fourth-order valence-electron chi connectivity index (χ4n) is 2.37. The van der Waals surface area contributed by atoms with Gasteiger partial charge < -0.3 is 5.11 Å². The standard InChI is InChI=1S/C14H26N2O/c1-7-9-14(5,8-2)11-10-12(13(3,4)17)16(6)15-11/h10,17H,7-9H2,1-6H3. The summed E-state index contributed by atoms with van der Waals surface area (Å²) in [4.78, 5) is 0. The first-order chi connectivity index (χ1) is 7.74. The fourth-order valence-corrected chi connectivity index (χ4v) is 2.37. The molecular formula is C14H26N2O. The minimum absolute atomic E-state index is 0.121. The van der Waals surface area contributed by atoms with Crippen molar-refractivity contribution in [3.63, 3.8) is 0 Å². The summed E-state index contributed by atoms with van der Waals surface area (Å²) in [5.74, 6) is 0. The molecule has 0 aromatic carbocycles. The summed E-state index contributed by atoms with van der Waals surface area (Å²) in [6.07, 6.45) is 3.35. The lowest BCUT2D eigenvalue weighted by Gasteiger charge is -2.25. The van der Waals surface area contributed by atoms with Crippen LogP contribution in [0.4, 0.5) is 0 Å². The lowest BCUT2D eigenvalue weighted by Crippen LogP contribution is -2.21. The maximum atomic E-state index is 10.1. The lowest BCUT2D eigenvalue weighted by molar-refractivity contribution is 0.0696. The molecule has 0 bridgehead atoms. The van der Waals surface area contributed by atoms with Crippen LogP contribution >= 0.6 is 0 Å². The van der Waals surface area contributed by atoms with Crippen LogP contribution in [-0.2, 0) is 18.1 Å². The Morgan fingerprint density at radius 3 is 2.24 bits per heavy atom. The van der Waals surface area contributed by atoms with E-state index in [1.54, 1.807) is 18.5 Å². The Morgan fingerprint density at radius 2 is 1.88 bits per heavy atom. The molecule has 17 heavy (non-hydrogen) atoms. The first kappa shape index (κ1) is 14.2. The van der Waals surface area contributed by atoms with E-state index in [2.05, 4.69) is 31.9 Å². The molecule has 0 saturated heterocycles. The summed E-state index contributed by atoms with van der Waals surface area (Å²) in [7, 11) is 1.90. The van der Waals surface area contributed by atoms with E-state index >= 15 is 0 Å². The molecule has 0 aliphatic heterocycles. The maximum absolute atomic E-state index is 10.1. The molecule has 98 valence electrons. The Labute approximate surface area is 105 Å². The molecule has 0 saturated carbocycles. The summed E-state index contributed by atoms with van der Waals surface area (Å²) in [5, 5.41) is 14.7. The van der Waals surface area contributed by atoms with Crippen molar-refractivity contribution in [1.82, 2.24) is 9.78 Å². The molecule has 0 aliphatic rings. The summed E-state index contributed by atoms with van der Waals surface area (Å²) < 4.78 is 1.80. The van der Waals surface area contributed by atoms with Crippen LogP contribution < -0.4 is 0 Å². The minimum atomic E-state index is -0.832. The summed E-state index contributed by atoms with van der Waals surface area (Å²) in [6.45, 7) is 10.3. The van der Waals surface area contributed by atoms with Crippen molar-refractivity contribution in [1.29, 1.82) is 0 Å². The van der Waals surface area contributed by atoms with Crippen LogP contribution in [0.2, 0.25) is 0 Å². The molecule has 0 amide bonds. The highest BCUT2D eigenvalue weighted by atomic mass is 16.3. The molecule has 1 rings (SSSR count). The van der Waals surface area contributed by atoms with Crippen molar-refractivity contribution in [3.05, 3.63) is 17.5 Å². The van der Waals surface area contributed by atoms with E-state index in [4.69, 9.17) is 0 Å². The van der Waals surface area contributed by atoms with Gasteiger partial charge in [0.2, 0.25) is 0 Å². The second-order valence-corrected chi connectivity index (χ2v) is 5.76. The zero-order valence-corrected chi connectivity index (χ0v) is 12.0. The van der Waals surface area contributed by atoms with Gasteiger partial charge in [0.1, 0.15) is 5.60 Å². The zero-order chi connectivity index (χ0) is 13.3. The molecule has 3 heteroatoms. The van der Waals surface area contributed by atoms with E-state index in [1.807, 2.05) is 7.05 Å². The number of rotatable bonds is 5. The molecule has 0 spiro atoms. The molecule has 3 nitrogen and oxygen atoms in total. The Balaban J connectivity index is 3.16. The predicted octanol–water partition coefficient (Wildman–Crippen LogP) is 3.12. The first-order valence-electron chi connectivity index (χ1n) is 6.52. The van der Waals surface area contributed by atoms with Gasteiger partial charge in [-0.3, -0.25) is 4.68 Å². The highest BCUT2D eigenvalue weighted by Gasteiger charge is 2.30. The third-order valence-corrected chi connectivity index (χ3v) is 3.71. The van der Waals surface area contributed by atoms with Crippen molar-refractivity contribution in [2.75, 3.05) is 0 Å². The number of nitrogens with zero attached hydrogens (tertiary/aromatic N) is 2. The highest BCUT2D eigenvalue weighted by Crippen LogP contribution is 2.33. The number of hydrogen-bond acceptors (Lipinski definition) is 2. The van der Waals surface area contributed by atoms with Crippen molar-refractivity contribution in [3.8, 4) is 0 Å². The molecule has 1 aromatic rings. The Bertz CT molecular complexity index is 376. The van der Waals surface area contributed by atoms with E-state index in [1.165, 1.54) is 0 Å². The molecule has 0 fully saturated rings. The minimum Gasteiger partial charge on any atom is -0.384 e. The van der Waals surface area contributed by atoms with Crippen LogP contribution in [0, 0.1) is 0 Å². The lowest BCUT2D eigenvalue weighted by atomic mass is 9.79. The second kappa shape index (κ2) is 4.81. The summed E-state index contributed by atoms with van der Waals surface area (Å²) in [5.41, 5.74) is 1.27. The molecule has 1 atom stereocenters. The number of aryl methyl sites for hydroxylation is 1. The van der Waals surface area contributed by atoms with Crippen molar-refractivity contribution in [2.24, 2.45) is 7.05 Å². The Morgan fingerprint density at radius 1 is 1.29 bits per heavy atom. The summed E-state index contributed by atoms with van der Waals surface area (Å²) >= 11 is 0. The highest BCUT2D eigenvalue weighted by molar-refractivity contribution is 5.22. The van der Waals surface area contributed by atoms with Gasteiger partial charge in [-0.15, -0.1) is 0 Å². The van der Waals surface area contributed by atoms with Gasteiger partial charge in [-0.1, -0.05) is 27.2 Å². The van der Waals surface area contributed by atoms with Crippen LogP contribution in [0.25, 0.3) is 0 Å². The molecule has 1 unspecified atom stereocenters. The van der Waals surface area contributed by atoms with Crippen molar-refractivity contribution < 1.29 is 5.11 Å². The van der Waals surface area contributed by atoms with Crippen LogP contribution in [0.15, 0.2) is 6.07 Å². The van der Waals surface area contributed by atoms with E-state index in [0.717, 1.165) is 30.7 Å². The SMILES string of the molecule is CCCC(C)(CC)c1cc(C(C)(C)O)n(C)n1. The topological polar surface area (TPSA) is 38.0 Å². The Hall–Kier alpha value is -0.830. The van der Waals surface area contributed by atoms with Gasteiger partial charge in [0, 0.05) is 12.5 Å². The third kappa shape index (κ3) is 2.89. The van der Waals surface area contributed by atoms with Crippen LogP contribution in [0.3, 0.4) is 0 Å². The first-order valence-corrected chi connectivity index (χ1v) is 6.52. The van der Waals surface area contributed by atoms with E-state index < -0.39 is 5.60 Å². The molecule has 0 aliphatic carbocycles. The fraction of sp³-hybridized carbons (Fsp3) is 0.786. The van der Waals surface area contributed by atoms with Gasteiger partial charge in [0.15, 0.2) is 0 Å². The maximum Gasteiger partial charge on any atom is 0.101 e. The quantitative estimate of drug-likeness (QED) is 0.856. The zero-order valence-electron chi connectivity index (χ0n) is 12.0. The van der Waals surface area contributed by atoms with Gasteiger partial charge in [0.05, 0.1) is 11.4 Å². The average Bonchev–Trinajstić information content (AvgIpc) is 2.60. The normalized spacial score (nSPS) is 15.9. The average molecular weight is 238 g/mol. The monoisotopic (exact) mass is 238 g/mol. The van der Waals surface area contributed by atoms with Crippen molar-refractivity contribution >= 4 is 0 Å². The van der Waals surface area contributed by atoms with Crippen LogP contribution in [0.5, 0.6) is 0 Å². The van der Waals surface area contributed by atoms with E-state index in [0.29, 0.717) is 0 Å². The smallest absolute Gasteiger partial charge is 0.101 e. The van der Waals surface area contributed by atoms with Gasteiger partial charge in [0.25, 0.3) is 0 Å². The van der Waals surface area contributed by atoms with Crippen LogP contribution in [-0.4, -0.2) is 14.9 Å². The molecule has 1 heterocycles. The second-order valence-electron chi connectivity index (χ2n) is 5.76. The molecule has 1 N–H and O–H groups in total. The third-order valence-electron chi connectivity index (χ3n) is 3.71. The van der Waals surface area contributed by atoms with Gasteiger partial charge in [-0.2, -0.15) is 5.10 Å². The largest absolute Gasteiger partial charge is 0.384 e. The van der Waals surface area contributed by atoms with Gasteiger partial charge in [-0.05, 0) is 32.8 Å². The van der Waals surface area contributed by atoms with Crippen LogP contribution in [0.1, 0.15) is 65.3 Å². The van der Waals surface area contributed by atoms with Gasteiger partial charge in [-0.25, -0.2) is 0 Å². The molecule has 0 radical (unpaired) electrons. The van der Waals surface area contributed by atoms with E-state index in [-0.39, 0.29) is 5.41 Å². The van der Waals surface area contributed by atoms with Crippen molar-refractivity contribution in [2.45, 2.75) is 64.9 Å². The Kier molecular flexibility index (Phi) is 4.03. The molecule has 1 aromatic heterocycles. The van der Waals surface area contributed by atoms with E-state index in [9.17, 15) is 5.11 Å². The number of aromatic nitrogens is 2. The predicted molar refractivity (Wildman–Crippen MR) is 71.0 cm³/mol.